The minimum Gasteiger partial charge on any atom is -0.299 e. The van der Waals surface area contributed by atoms with E-state index < -0.39 is 0 Å². The maximum Gasteiger partial charge on any atom is 0.139 e. The fourth-order valence-corrected chi connectivity index (χ4v) is 2.61. The number of carbonyl (C=O) groups excluding carboxylic acids is 1. The van der Waals surface area contributed by atoms with Gasteiger partial charge in [0.05, 0.1) is 0 Å². The van der Waals surface area contributed by atoms with Gasteiger partial charge in [0.2, 0.25) is 0 Å². The molecule has 0 unspecified atom stereocenters. The predicted molar refractivity (Wildman–Crippen MR) is 55.5 cm³/mol. The van der Waals surface area contributed by atoms with Crippen molar-refractivity contribution >= 4 is 5.78 Å². The molecule has 0 saturated heterocycles. The third-order valence-corrected chi connectivity index (χ3v) is 3.60. The van der Waals surface area contributed by atoms with Gasteiger partial charge >= 0.3 is 0 Å². The average Bonchev–Trinajstić information content (AvgIpc) is 2.04. The van der Waals surface area contributed by atoms with Crippen molar-refractivity contribution in [3.63, 3.8) is 0 Å². The highest BCUT2D eigenvalue weighted by molar-refractivity contribution is 5.84. The predicted octanol–water partition coefficient (Wildman–Crippen LogP) is 3.28. The Morgan fingerprint density at radius 2 is 2.00 bits per heavy atom. The Morgan fingerprint density at radius 3 is 2.46 bits per heavy atom. The molecule has 0 aromatic rings. The van der Waals surface area contributed by atoms with Crippen LogP contribution in [0.15, 0.2) is 0 Å². The van der Waals surface area contributed by atoms with E-state index in [0.717, 1.165) is 12.8 Å². The summed E-state index contributed by atoms with van der Waals surface area (Å²) in [4.78, 5) is 12.0. The second-order valence-corrected chi connectivity index (χ2v) is 4.82. The normalized spacial score (nSPS) is 35.5. The van der Waals surface area contributed by atoms with Gasteiger partial charge in [-0.25, -0.2) is 0 Å². The summed E-state index contributed by atoms with van der Waals surface area (Å²) in [5.74, 6) is 2.39. The van der Waals surface area contributed by atoms with E-state index in [0.29, 0.717) is 29.5 Å². The Balaban J connectivity index is 2.69. The number of rotatable bonds is 2. The van der Waals surface area contributed by atoms with Gasteiger partial charge in [0, 0.05) is 11.8 Å². The molecule has 0 radical (unpaired) electrons. The molecule has 0 amide bonds. The monoisotopic (exact) mass is 182 g/mol. The second kappa shape index (κ2) is 4.26. The van der Waals surface area contributed by atoms with Crippen molar-refractivity contribution in [3.8, 4) is 0 Å². The SMILES string of the molecule is CC[C@H]1C(=O)[C@H](C(C)C)CC[C@@H]1C. The molecule has 0 aromatic heterocycles. The summed E-state index contributed by atoms with van der Waals surface area (Å²) in [5, 5.41) is 0. The molecule has 3 atom stereocenters. The van der Waals surface area contributed by atoms with Gasteiger partial charge in [-0.05, 0) is 31.1 Å². The molecule has 0 heterocycles. The van der Waals surface area contributed by atoms with Crippen LogP contribution in [0, 0.1) is 23.7 Å². The summed E-state index contributed by atoms with van der Waals surface area (Å²) in [7, 11) is 0. The van der Waals surface area contributed by atoms with Crippen LogP contribution < -0.4 is 0 Å². The van der Waals surface area contributed by atoms with E-state index in [1.165, 1.54) is 6.42 Å². The van der Waals surface area contributed by atoms with E-state index in [1.54, 1.807) is 0 Å². The van der Waals surface area contributed by atoms with Crippen molar-refractivity contribution in [3.05, 3.63) is 0 Å². The molecule has 1 aliphatic rings. The second-order valence-electron chi connectivity index (χ2n) is 4.82. The Bertz CT molecular complexity index is 180. The molecule has 1 saturated carbocycles. The van der Waals surface area contributed by atoms with Crippen molar-refractivity contribution in [2.24, 2.45) is 23.7 Å². The van der Waals surface area contributed by atoms with Crippen molar-refractivity contribution in [1.29, 1.82) is 0 Å². The standard InChI is InChI=1S/C12H22O/c1-5-10-9(4)6-7-11(8(2)3)12(10)13/h8-11H,5-7H2,1-4H3/t9-,10+,11-/m0/s1. The van der Waals surface area contributed by atoms with E-state index in [2.05, 4.69) is 27.7 Å². The highest BCUT2D eigenvalue weighted by Crippen LogP contribution is 2.35. The highest BCUT2D eigenvalue weighted by Gasteiger charge is 2.35. The van der Waals surface area contributed by atoms with Crippen LogP contribution in [0.4, 0.5) is 0 Å². The van der Waals surface area contributed by atoms with Crippen LogP contribution in [0.1, 0.15) is 47.0 Å². The molecule has 1 heteroatoms. The van der Waals surface area contributed by atoms with Gasteiger partial charge in [-0.2, -0.15) is 0 Å². The molecule has 0 aliphatic heterocycles. The van der Waals surface area contributed by atoms with Crippen molar-refractivity contribution < 1.29 is 4.79 Å². The first-order valence-corrected chi connectivity index (χ1v) is 5.61. The van der Waals surface area contributed by atoms with Crippen LogP contribution in [-0.2, 0) is 4.79 Å². The average molecular weight is 182 g/mol. The van der Waals surface area contributed by atoms with Crippen LogP contribution in [0.25, 0.3) is 0 Å². The first-order chi connectivity index (χ1) is 6.07. The van der Waals surface area contributed by atoms with E-state index in [-0.39, 0.29) is 0 Å². The van der Waals surface area contributed by atoms with Crippen LogP contribution in [-0.4, -0.2) is 5.78 Å². The van der Waals surface area contributed by atoms with Crippen molar-refractivity contribution in [2.75, 3.05) is 0 Å². The molecular weight excluding hydrogens is 160 g/mol. The maximum atomic E-state index is 12.0. The molecule has 1 rings (SSSR count). The summed E-state index contributed by atoms with van der Waals surface area (Å²) in [6.45, 7) is 8.71. The fourth-order valence-electron chi connectivity index (χ4n) is 2.61. The molecule has 0 spiro atoms. The first-order valence-electron chi connectivity index (χ1n) is 5.61. The fraction of sp³-hybridized carbons (Fsp3) is 0.917. The minimum absolute atomic E-state index is 0.348. The highest BCUT2D eigenvalue weighted by atomic mass is 16.1. The molecule has 1 nitrogen and oxygen atoms in total. The number of carbonyl (C=O) groups is 1. The minimum atomic E-state index is 0.348. The van der Waals surface area contributed by atoms with Gasteiger partial charge in [-0.15, -0.1) is 0 Å². The van der Waals surface area contributed by atoms with Crippen molar-refractivity contribution in [1.82, 2.24) is 0 Å². The molecule has 0 bridgehead atoms. The topological polar surface area (TPSA) is 17.1 Å². The van der Waals surface area contributed by atoms with Crippen molar-refractivity contribution in [2.45, 2.75) is 47.0 Å². The third-order valence-electron chi connectivity index (χ3n) is 3.60. The summed E-state index contributed by atoms with van der Waals surface area (Å²) in [6, 6.07) is 0. The Morgan fingerprint density at radius 1 is 1.38 bits per heavy atom. The number of Topliss-reactive ketones (excluding diaryl/α,β-unsaturated/α-hetero) is 1. The molecule has 1 aliphatic carbocycles. The Hall–Kier alpha value is -0.330. The molecule has 0 aromatic carbocycles. The van der Waals surface area contributed by atoms with Gasteiger partial charge in [0.1, 0.15) is 5.78 Å². The van der Waals surface area contributed by atoms with E-state index in [9.17, 15) is 4.79 Å². The van der Waals surface area contributed by atoms with Crippen LogP contribution in [0.2, 0.25) is 0 Å². The van der Waals surface area contributed by atoms with Gasteiger partial charge in [0.15, 0.2) is 0 Å². The van der Waals surface area contributed by atoms with Gasteiger partial charge in [-0.1, -0.05) is 27.7 Å². The van der Waals surface area contributed by atoms with E-state index in [1.807, 2.05) is 0 Å². The van der Waals surface area contributed by atoms with Crippen LogP contribution in [0.5, 0.6) is 0 Å². The van der Waals surface area contributed by atoms with Crippen LogP contribution >= 0.6 is 0 Å². The van der Waals surface area contributed by atoms with Gasteiger partial charge in [-0.3, -0.25) is 4.79 Å². The zero-order valence-electron chi connectivity index (χ0n) is 9.34. The molecular formula is C12H22O. The first kappa shape index (κ1) is 10.7. The molecule has 13 heavy (non-hydrogen) atoms. The van der Waals surface area contributed by atoms with Gasteiger partial charge < -0.3 is 0 Å². The molecule has 0 N–H and O–H groups in total. The zero-order chi connectivity index (χ0) is 10.0. The zero-order valence-corrected chi connectivity index (χ0v) is 9.34. The lowest BCUT2D eigenvalue weighted by molar-refractivity contribution is -0.132. The van der Waals surface area contributed by atoms with E-state index >= 15 is 0 Å². The number of hydrogen-bond acceptors (Lipinski definition) is 1. The lowest BCUT2D eigenvalue weighted by Crippen LogP contribution is -2.35. The smallest absolute Gasteiger partial charge is 0.139 e. The number of ketones is 1. The Kier molecular flexibility index (Phi) is 3.52. The largest absolute Gasteiger partial charge is 0.299 e. The van der Waals surface area contributed by atoms with Gasteiger partial charge in [0.25, 0.3) is 0 Å². The maximum absolute atomic E-state index is 12.0. The molecule has 76 valence electrons. The summed E-state index contributed by atoms with van der Waals surface area (Å²) in [6.07, 6.45) is 3.39. The third kappa shape index (κ3) is 2.12. The Labute approximate surface area is 81.9 Å². The summed E-state index contributed by atoms with van der Waals surface area (Å²) in [5.41, 5.74) is 0. The lowest BCUT2D eigenvalue weighted by Gasteiger charge is -2.34. The summed E-state index contributed by atoms with van der Waals surface area (Å²) >= 11 is 0. The number of hydrogen-bond donors (Lipinski definition) is 0. The lowest BCUT2D eigenvalue weighted by atomic mass is 9.69. The van der Waals surface area contributed by atoms with Crippen LogP contribution in [0.3, 0.4) is 0 Å². The molecule has 1 fully saturated rings. The quantitative estimate of drug-likeness (QED) is 0.640. The summed E-state index contributed by atoms with van der Waals surface area (Å²) < 4.78 is 0. The van der Waals surface area contributed by atoms with E-state index in [4.69, 9.17) is 0 Å².